The highest BCUT2D eigenvalue weighted by molar-refractivity contribution is 5.99. The van der Waals surface area contributed by atoms with Crippen LogP contribution in [0.15, 0.2) is 30.6 Å². The van der Waals surface area contributed by atoms with E-state index in [1.807, 2.05) is 6.92 Å². The molecule has 0 aliphatic rings. The first-order chi connectivity index (χ1) is 9.13. The smallest absolute Gasteiger partial charge is 0.278 e. The summed E-state index contributed by atoms with van der Waals surface area (Å²) in [5, 5.41) is 24.4. The van der Waals surface area contributed by atoms with Crippen LogP contribution in [0, 0.1) is 10.1 Å². The first-order valence-electron chi connectivity index (χ1n) is 6.02. The third-order valence-electron chi connectivity index (χ3n) is 2.96. The highest BCUT2D eigenvalue weighted by Crippen LogP contribution is 2.31. The number of nitro benzene ring substituents is 1. The van der Waals surface area contributed by atoms with E-state index in [0.29, 0.717) is 11.8 Å². The van der Waals surface area contributed by atoms with Crippen LogP contribution < -0.4 is 5.32 Å². The molecular formula is C13H15N3O3. The standard InChI is InChI=1S/C13H15N3O3/c1-9(5-7-17)15-12-2-3-13(16(18)19)11-8-14-6-4-10(11)12/h2-4,6,8-9,15,17H,5,7H2,1H3. The molecule has 6 heteroatoms. The third-order valence-corrected chi connectivity index (χ3v) is 2.96. The van der Waals surface area contributed by atoms with Crippen molar-refractivity contribution in [3.05, 3.63) is 40.7 Å². The first kappa shape index (κ1) is 13.2. The molecule has 0 fully saturated rings. The van der Waals surface area contributed by atoms with Gasteiger partial charge in [-0.1, -0.05) is 0 Å². The summed E-state index contributed by atoms with van der Waals surface area (Å²) in [6.45, 7) is 2.05. The Morgan fingerprint density at radius 2 is 2.21 bits per heavy atom. The fraction of sp³-hybridized carbons (Fsp3) is 0.308. The molecule has 2 N–H and O–H groups in total. The lowest BCUT2D eigenvalue weighted by Crippen LogP contribution is -2.16. The molecule has 0 amide bonds. The van der Waals surface area contributed by atoms with Crippen LogP contribution in [-0.4, -0.2) is 27.7 Å². The summed E-state index contributed by atoms with van der Waals surface area (Å²) in [6, 6.07) is 4.99. The van der Waals surface area contributed by atoms with Crippen LogP contribution in [0.25, 0.3) is 10.8 Å². The average Bonchev–Trinajstić information content (AvgIpc) is 2.39. The van der Waals surface area contributed by atoms with Crippen LogP contribution in [-0.2, 0) is 0 Å². The van der Waals surface area contributed by atoms with Gasteiger partial charge in [-0.15, -0.1) is 0 Å². The highest BCUT2D eigenvalue weighted by atomic mass is 16.6. The second-order valence-corrected chi connectivity index (χ2v) is 4.37. The largest absolute Gasteiger partial charge is 0.396 e. The Labute approximate surface area is 110 Å². The number of aliphatic hydroxyl groups is 1. The molecule has 19 heavy (non-hydrogen) atoms. The number of hydrogen-bond acceptors (Lipinski definition) is 5. The molecule has 0 bridgehead atoms. The molecule has 100 valence electrons. The number of nitro groups is 1. The molecule has 0 aliphatic heterocycles. The van der Waals surface area contributed by atoms with Crippen molar-refractivity contribution in [3.63, 3.8) is 0 Å². The predicted octanol–water partition coefficient (Wildman–Crippen LogP) is 2.33. The number of hydrogen-bond donors (Lipinski definition) is 2. The van der Waals surface area contributed by atoms with Crippen molar-refractivity contribution in [3.8, 4) is 0 Å². The Bertz CT molecular complexity index is 601. The molecule has 0 aliphatic carbocycles. The Kier molecular flexibility index (Phi) is 3.91. The fourth-order valence-electron chi connectivity index (χ4n) is 1.99. The summed E-state index contributed by atoms with van der Waals surface area (Å²) >= 11 is 0. The van der Waals surface area contributed by atoms with E-state index < -0.39 is 4.92 Å². The summed E-state index contributed by atoms with van der Waals surface area (Å²) in [6.07, 6.45) is 3.72. The maximum absolute atomic E-state index is 11.0. The molecule has 2 aromatic rings. The summed E-state index contributed by atoms with van der Waals surface area (Å²) in [5.41, 5.74) is 0.854. The van der Waals surface area contributed by atoms with Gasteiger partial charge in [-0.05, 0) is 25.5 Å². The van der Waals surface area contributed by atoms with Crippen molar-refractivity contribution < 1.29 is 10.0 Å². The van der Waals surface area contributed by atoms with Gasteiger partial charge in [0.15, 0.2) is 0 Å². The monoisotopic (exact) mass is 261 g/mol. The minimum absolute atomic E-state index is 0.0449. The van der Waals surface area contributed by atoms with Crippen molar-refractivity contribution in [2.24, 2.45) is 0 Å². The van der Waals surface area contributed by atoms with Crippen LogP contribution in [0.1, 0.15) is 13.3 Å². The number of fused-ring (bicyclic) bond motifs is 1. The predicted molar refractivity (Wildman–Crippen MR) is 73.2 cm³/mol. The van der Waals surface area contributed by atoms with Crippen molar-refractivity contribution in [2.75, 3.05) is 11.9 Å². The van der Waals surface area contributed by atoms with Gasteiger partial charge >= 0.3 is 0 Å². The number of nitrogens with one attached hydrogen (secondary N) is 1. The summed E-state index contributed by atoms with van der Waals surface area (Å²) in [4.78, 5) is 14.5. The van der Waals surface area contributed by atoms with Gasteiger partial charge in [0.05, 0.1) is 10.3 Å². The van der Waals surface area contributed by atoms with Gasteiger partial charge in [-0.3, -0.25) is 15.1 Å². The summed E-state index contributed by atoms with van der Waals surface area (Å²) in [7, 11) is 0. The van der Waals surface area contributed by atoms with Gasteiger partial charge < -0.3 is 10.4 Å². The highest BCUT2D eigenvalue weighted by Gasteiger charge is 2.15. The number of anilines is 1. The molecule has 1 unspecified atom stereocenters. The quantitative estimate of drug-likeness (QED) is 0.637. The van der Waals surface area contributed by atoms with Crippen LogP contribution in [0.3, 0.4) is 0 Å². The number of aromatic nitrogens is 1. The number of non-ortho nitro benzene ring substituents is 1. The van der Waals surface area contributed by atoms with Gasteiger partial charge in [-0.2, -0.15) is 0 Å². The number of aliphatic hydroxyl groups excluding tert-OH is 1. The Morgan fingerprint density at radius 3 is 2.89 bits per heavy atom. The van der Waals surface area contributed by atoms with Crippen LogP contribution in [0.5, 0.6) is 0 Å². The lowest BCUT2D eigenvalue weighted by atomic mass is 10.1. The topological polar surface area (TPSA) is 88.3 Å². The number of nitrogens with zero attached hydrogens (tertiary/aromatic N) is 2. The molecule has 2 rings (SSSR count). The molecular weight excluding hydrogens is 246 g/mol. The lowest BCUT2D eigenvalue weighted by Gasteiger charge is -2.15. The van der Waals surface area contributed by atoms with E-state index in [1.54, 1.807) is 18.3 Å². The van der Waals surface area contributed by atoms with E-state index in [0.717, 1.165) is 11.1 Å². The van der Waals surface area contributed by atoms with E-state index >= 15 is 0 Å². The van der Waals surface area contributed by atoms with Gasteiger partial charge in [0.1, 0.15) is 0 Å². The number of rotatable bonds is 5. The molecule has 6 nitrogen and oxygen atoms in total. The maximum atomic E-state index is 11.0. The Balaban J connectivity index is 2.46. The fourth-order valence-corrected chi connectivity index (χ4v) is 1.99. The van der Waals surface area contributed by atoms with Gasteiger partial charge in [0.25, 0.3) is 5.69 Å². The molecule has 0 saturated carbocycles. The van der Waals surface area contributed by atoms with Crippen molar-refractivity contribution in [1.29, 1.82) is 0 Å². The summed E-state index contributed by atoms with van der Waals surface area (Å²) < 4.78 is 0. The number of pyridine rings is 1. The van der Waals surface area contributed by atoms with E-state index in [-0.39, 0.29) is 18.3 Å². The third kappa shape index (κ3) is 2.79. The molecule has 1 atom stereocenters. The molecule has 0 spiro atoms. The van der Waals surface area contributed by atoms with Crippen LogP contribution >= 0.6 is 0 Å². The van der Waals surface area contributed by atoms with E-state index in [9.17, 15) is 10.1 Å². The van der Waals surface area contributed by atoms with E-state index in [1.165, 1.54) is 12.3 Å². The molecule has 1 aromatic carbocycles. The zero-order valence-electron chi connectivity index (χ0n) is 10.5. The van der Waals surface area contributed by atoms with Crippen LogP contribution in [0.4, 0.5) is 11.4 Å². The molecule has 1 heterocycles. The van der Waals surface area contributed by atoms with E-state index in [2.05, 4.69) is 10.3 Å². The van der Waals surface area contributed by atoms with Crippen molar-refractivity contribution in [1.82, 2.24) is 4.98 Å². The minimum atomic E-state index is -0.412. The first-order valence-corrected chi connectivity index (χ1v) is 6.02. The van der Waals surface area contributed by atoms with Crippen molar-refractivity contribution >= 4 is 22.1 Å². The van der Waals surface area contributed by atoms with Gasteiger partial charge in [0.2, 0.25) is 0 Å². The Hall–Kier alpha value is -2.21. The van der Waals surface area contributed by atoms with Crippen molar-refractivity contribution in [2.45, 2.75) is 19.4 Å². The maximum Gasteiger partial charge on any atom is 0.278 e. The summed E-state index contributed by atoms with van der Waals surface area (Å²) in [5.74, 6) is 0. The zero-order valence-corrected chi connectivity index (χ0v) is 10.5. The van der Waals surface area contributed by atoms with Gasteiger partial charge in [-0.25, -0.2) is 0 Å². The second-order valence-electron chi connectivity index (χ2n) is 4.37. The molecule has 0 radical (unpaired) electrons. The second kappa shape index (κ2) is 5.62. The molecule has 1 aromatic heterocycles. The molecule has 0 saturated heterocycles. The SMILES string of the molecule is CC(CCO)Nc1ccc([N+](=O)[O-])c2cnccc12. The van der Waals surface area contributed by atoms with E-state index in [4.69, 9.17) is 5.11 Å². The number of benzene rings is 1. The van der Waals surface area contributed by atoms with Gasteiger partial charge in [0, 0.05) is 42.2 Å². The minimum Gasteiger partial charge on any atom is -0.396 e. The Morgan fingerprint density at radius 1 is 1.42 bits per heavy atom. The zero-order chi connectivity index (χ0) is 13.8. The average molecular weight is 261 g/mol. The normalized spacial score (nSPS) is 12.3. The van der Waals surface area contributed by atoms with Crippen LogP contribution in [0.2, 0.25) is 0 Å². The lowest BCUT2D eigenvalue weighted by molar-refractivity contribution is -0.383.